The fraction of sp³-hybridized carbons (Fsp3) is 0.368. The van der Waals surface area contributed by atoms with Gasteiger partial charge in [-0.2, -0.15) is 9.50 Å². The van der Waals surface area contributed by atoms with Crippen LogP contribution in [0.15, 0.2) is 36.4 Å². The molecule has 1 saturated heterocycles. The van der Waals surface area contributed by atoms with E-state index >= 15 is 0 Å². The molecule has 3 aromatic rings. The van der Waals surface area contributed by atoms with E-state index in [-0.39, 0.29) is 1.43 Å². The van der Waals surface area contributed by atoms with E-state index in [1.165, 1.54) is 24.0 Å². The predicted octanol–water partition coefficient (Wildman–Crippen LogP) is 2.49. The van der Waals surface area contributed by atoms with Crippen molar-refractivity contribution in [1.82, 2.24) is 25.2 Å². The zero-order valence-corrected chi connectivity index (χ0v) is 14.6. The molecular weight excluding hydrogens is 326 g/mol. The van der Waals surface area contributed by atoms with E-state index in [9.17, 15) is 0 Å². The first-order chi connectivity index (χ1) is 12.8. The third-order valence-corrected chi connectivity index (χ3v) is 5.10. The van der Waals surface area contributed by atoms with Gasteiger partial charge in [0.2, 0.25) is 5.95 Å². The van der Waals surface area contributed by atoms with Crippen molar-refractivity contribution < 1.29 is 1.43 Å². The fourth-order valence-electron chi connectivity index (χ4n) is 3.75. The highest BCUT2D eigenvalue weighted by molar-refractivity contribution is 5.59. The molecule has 4 heterocycles. The molecule has 7 nitrogen and oxygen atoms in total. The van der Waals surface area contributed by atoms with E-state index in [0.717, 1.165) is 43.3 Å². The molecule has 0 aliphatic carbocycles. The number of anilines is 3. The lowest BCUT2D eigenvalue weighted by Crippen LogP contribution is -2.38. The summed E-state index contributed by atoms with van der Waals surface area (Å²) in [5.41, 5.74) is 4.57. The van der Waals surface area contributed by atoms with Crippen molar-refractivity contribution in [3.8, 4) is 0 Å². The average Bonchev–Trinajstić information content (AvgIpc) is 3.29. The van der Waals surface area contributed by atoms with Crippen molar-refractivity contribution in [3.05, 3.63) is 47.5 Å². The van der Waals surface area contributed by atoms with Gasteiger partial charge in [-0.25, -0.2) is 0 Å². The number of pyridine rings is 1. The number of nitrogens with one attached hydrogen (secondary N) is 4. The van der Waals surface area contributed by atoms with Crippen molar-refractivity contribution in [2.45, 2.75) is 32.0 Å². The summed E-state index contributed by atoms with van der Waals surface area (Å²) in [5.74, 6) is 1.60. The van der Waals surface area contributed by atoms with Crippen molar-refractivity contribution in [1.29, 1.82) is 0 Å². The van der Waals surface area contributed by atoms with Gasteiger partial charge in [-0.1, -0.05) is 12.1 Å². The molecule has 0 spiro atoms. The van der Waals surface area contributed by atoms with Gasteiger partial charge in [-0.15, -0.1) is 5.10 Å². The Labute approximate surface area is 153 Å². The Balaban J connectivity index is 0.00000180. The molecule has 5 rings (SSSR count). The lowest BCUT2D eigenvalue weighted by molar-refractivity contribution is 0.478. The Morgan fingerprint density at radius 3 is 3.00 bits per heavy atom. The van der Waals surface area contributed by atoms with Gasteiger partial charge in [0.25, 0.3) is 0 Å². The van der Waals surface area contributed by atoms with Gasteiger partial charge in [0.05, 0.1) is 0 Å². The van der Waals surface area contributed by atoms with Crippen LogP contribution in [0.5, 0.6) is 0 Å². The maximum Gasteiger partial charge on any atom is 0.247 e. The Kier molecular flexibility index (Phi) is 3.95. The molecule has 0 bridgehead atoms. The first-order valence-electron chi connectivity index (χ1n) is 9.28. The minimum absolute atomic E-state index is 0. The van der Waals surface area contributed by atoms with E-state index < -0.39 is 0 Å². The SMILES string of the molecule is [HH].c1cc(N[C@@H]2CCCNC2)n2nc(Nc3ccc4c(c3)CNC4)nc2c1. The first-order valence-corrected chi connectivity index (χ1v) is 9.28. The number of benzene rings is 1. The molecule has 2 aliphatic rings. The molecule has 0 saturated carbocycles. The van der Waals surface area contributed by atoms with E-state index in [1.54, 1.807) is 0 Å². The molecule has 1 atom stereocenters. The quantitative estimate of drug-likeness (QED) is 0.578. The van der Waals surface area contributed by atoms with Crippen LogP contribution in [0.1, 0.15) is 25.4 Å². The topological polar surface area (TPSA) is 78.3 Å². The summed E-state index contributed by atoms with van der Waals surface area (Å²) in [6.07, 6.45) is 2.37. The van der Waals surface area contributed by atoms with Crippen LogP contribution in [0, 0.1) is 0 Å². The lowest BCUT2D eigenvalue weighted by atomic mass is 10.1. The summed E-state index contributed by atoms with van der Waals surface area (Å²) in [7, 11) is 0. The summed E-state index contributed by atoms with van der Waals surface area (Å²) < 4.78 is 1.88. The van der Waals surface area contributed by atoms with E-state index in [1.807, 2.05) is 16.6 Å². The molecule has 4 N–H and O–H groups in total. The van der Waals surface area contributed by atoms with Crippen LogP contribution >= 0.6 is 0 Å². The van der Waals surface area contributed by atoms with E-state index in [2.05, 4.69) is 55.6 Å². The third kappa shape index (κ3) is 3.00. The van der Waals surface area contributed by atoms with Gasteiger partial charge in [0.15, 0.2) is 5.65 Å². The molecule has 0 radical (unpaired) electrons. The normalized spacial score (nSPS) is 19.5. The predicted molar refractivity (Wildman–Crippen MR) is 105 cm³/mol. The highest BCUT2D eigenvalue weighted by atomic mass is 15.4. The molecule has 1 fully saturated rings. The van der Waals surface area contributed by atoms with Gasteiger partial charge in [0, 0.05) is 32.8 Å². The zero-order chi connectivity index (χ0) is 17.3. The number of piperidine rings is 1. The number of fused-ring (bicyclic) bond motifs is 2. The minimum atomic E-state index is 0. The van der Waals surface area contributed by atoms with Gasteiger partial charge in [-0.3, -0.25) is 0 Å². The van der Waals surface area contributed by atoms with Crippen molar-refractivity contribution in [2.24, 2.45) is 0 Å². The smallest absolute Gasteiger partial charge is 0.247 e. The number of hydrogen-bond acceptors (Lipinski definition) is 6. The van der Waals surface area contributed by atoms with Gasteiger partial charge < -0.3 is 21.3 Å². The second-order valence-corrected chi connectivity index (χ2v) is 7.02. The van der Waals surface area contributed by atoms with Crippen molar-refractivity contribution in [2.75, 3.05) is 23.7 Å². The summed E-state index contributed by atoms with van der Waals surface area (Å²) in [4.78, 5) is 4.62. The first kappa shape index (κ1) is 15.6. The monoisotopic (exact) mass is 351 g/mol. The van der Waals surface area contributed by atoms with E-state index in [0.29, 0.717) is 12.0 Å². The zero-order valence-electron chi connectivity index (χ0n) is 14.6. The largest absolute Gasteiger partial charge is 0.366 e. The van der Waals surface area contributed by atoms with Crippen molar-refractivity contribution >= 4 is 23.1 Å². The van der Waals surface area contributed by atoms with Crippen LogP contribution < -0.4 is 21.3 Å². The molecule has 0 amide bonds. The third-order valence-electron chi connectivity index (χ3n) is 5.10. The van der Waals surface area contributed by atoms with Crippen LogP contribution in [-0.2, 0) is 13.1 Å². The highest BCUT2D eigenvalue weighted by Crippen LogP contribution is 2.23. The van der Waals surface area contributed by atoms with Gasteiger partial charge in [-0.05, 0) is 54.8 Å². The maximum absolute atomic E-state index is 4.66. The molecule has 1 aromatic carbocycles. The van der Waals surface area contributed by atoms with Gasteiger partial charge in [0.1, 0.15) is 5.82 Å². The molecule has 2 aliphatic heterocycles. The second kappa shape index (κ2) is 6.59. The second-order valence-electron chi connectivity index (χ2n) is 7.02. The van der Waals surface area contributed by atoms with Crippen LogP contribution in [0.2, 0.25) is 0 Å². The lowest BCUT2D eigenvalue weighted by Gasteiger charge is -2.24. The molecule has 2 aromatic heterocycles. The maximum atomic E-state index is 4.66. The summed E-state index contributed by atoms with van der Waals surface area (Å²) >= 11 is 0. The van der Waals surface area contributed by atoms with Crippen LogP contribution in [0.3, 0.4) is 0 Å². The summed E-state index contributed by atoms with van der Waals surface area (Å²) in [6, 6.07) is 12.9. The molecule has 26 heavy (non-hydrogen) atoms. The average molecular weight is 351 g/mol. The van der Waals surface area contributed by atoms with Crippen LogP contribution in [0.4, 0.5) is 17.5 Å². The number of nitrogens with zero attached hydrogens (tertiary/aromatic N) is 3. The van der Waals surface area contributed by atoms with E-state index in [4.69, 9.17) is 0 Å². The molecule has 0 unspecified atom stereocenters. The van der Waals surface area contributed by atoms with Crippen molar-refractivity contribution in [3.63, 3.8) is 0 Å². The molecule has 7 heteroatoms. The Morgan fingerprint density at radius 2 is 2.08 bits per heavy atom. The standard InChI is InChI=1S/C19H23N7.H2/c1-4-17(22-16-3-2-8-20-12-16)26-18(5-1)24-19(25-26)23-15-7-6-13-10-21-11-14(13)9-15;/h1,4-7,9,16,20-22H,2-3,8,10-12H2,(H,23,25);1H/t16-;/m1./s1. The number of aromatic nitrogens is 3. The number of rotatable bonds is 4. The summed E-state index contributed by atoms with van der Waals surface area (Å²) in [6.45, 7) is 3.97. The van der Waals surface area contributed by atoms with Gasteiger partial charge >= 0.3 is 0 Å². The number of hydrogen-bond donors (Lipinski definition) is 4. The Bertz CT molecular complexity index is 933. The Morgan fingerprint density at radius 1 is 1.12 bits per heavy atom. The summed E-state index contributed by atoms with van der Waals surface area (Å²) in [5, 5.41) is 18.4. The van der Waals surface area contributed by atoms with Crippen LogP contribution in [0.25, 0.3) is 5.65 Å². The highest BCUT2D eigenvalue weighted by Gasteiger charge is 2.15. The molecular formula is C19H25N7. The fourth-order valence-corrected chi connectivity index (χ4v) is 3.75. The minimum Gasteiger partial charge on any atom is -0.366 e. The van der Waals surface area contributed by atoms with Crippen LogP contribution in [-0.4, -0.2) is 33.7 Å². The molecule has 136 valence electrons. The Hall–Kier alpha value is -2.64.